The van der Waals surface area contributed by atoms with Crippen LogP contribution < -0.4 is 55.2 Å². The van der Waals surface area contributed by atoms with Crippen molar-refractivity contribution < 1.29 is 101 Å². The predicted molar refractivity (Wildman–Crippen MR) is 146 cm³/mol. The number of H-pyrrole nitrogens is 1. The predicted octanol–water partition coefficient (Wildman–Crippen LogP) is -6.96. The van der Waals surface area contributed by atoms with E-state index in [9.17, 15) is 48.9 Å². The maximum absolute atomic E-state index is 12.3. The second-order valence-corrected chi connectivity index (χ2v) is 13.6. The van der Waals surface area contributed by atoms with Crippen LogP contribution in [-0.2, 0) is 32.0 Å². The topological polar surface area (TPSA) is 318 Å². The first-order chi connectivity index (χ1) is 21.1. The maximum Gasteiger partial charge on any atom is 1.00 e. The summed E-state index contributed by atoms with van der Waals surface area (Å²) in [7, 11) is -11.4. The van der Waals surface area contributed by atoms with Gasteiger partial charge in [0.2, 0.25) is 0 Å². The van der Waals surface area contributed by atoms with Crippen molar-refractivity contribution in [2.24, 2.45) is 5.73 Å². The molecule has 46 heavy (non-hydrogen) atoms. The fourth-order valence-corrected chi connectivity index (χ4v) is 7.37. The van der Waals surface area contributed by atoms with Gasteiger partial charge >= 0.3 is 29.6 Å². The van der Waals surface area contributed by atoms with E-state index in [0.29, 0.717) is 0 Å². The number of hydrogen-bond donors (Lipinski definition) is 6. The largest absolute Gasteiger partial charge is 1.00 e. The molecular weight excluding hydrogens is 788 g/mol. The Morgan fingerprint density at radius 1 is 1.09 bits per heavy atom. The molecule has 3 aromatic heterocycles. The second-order valence-electron chi connectivity index (χ2n) is 9.72. The van der Waals surface area contributed by atoms with Gasteiger partial charge in [0.25, 0.3) is 33.3 Å². The normalized spacial score (nSPS) is 30.5. The molecule has 2 aliphatic rings. The van der Waals surface area contributed by atoms with E-state index in [2.05, 4.69) is 28.3 Å². The second kappa shape index (κ2) is 14.7. The van der Waals surface area contributed by atoms with Gasteiger partial charge in [-0.3, -0.25) is 23.3 Å². The van der Waals surface area contributed by atoms with E-state index in [1.807, 2.05) is 0 Å². The van der Waals surface area contributed by atoms with Crippen molar-refractivity contribution in [3.63, 3.8) is 0 Å². The Hall–Kier alpha value is -1.28. The van der Waals surface area contributed by atoms with Gasteiger partial charge < -0.3 is 59.5 Å². The fraction of sp³-hybridized carbons (Fsp3) is 0.476. The van der Waals surface area contributed by atoms with Gasteiger partial charge in [-0.05, 0) is 6.07 Å². The number of primary amides is 1. The minimum absolute atomic E-state index is 0. The van der Waals surface area contributed by atoms with Gasteiger partial charge in [0.1, 0.15) is 36.1 Å². The number of imidazole rings is 1. The Morgan fingerprint density at radius 2 is 1.70 bits per heavy atom. The van der Waals surface area contributed by atoms with E-state index >= 15 is 0 Å². The number of carbonyl (C=O) groups is 1. The van der Waals surface area contributed by atoms with Gasteiger partial charge in [0.05, 0.1) is 19.5 Å². The average Bonchev–Trinajstić information content (AvgIpc) is 3.56. The number of amides is 1. The van der Waals surface area contributed by atoms with E-state index in [-0.39, 0.29) is 50.1 Å². The zero-order valence-corrected chi connectivity index (χ0v) is 29.3. The van der Waals surface area contributed by atoms with E-state index in [4.69, 9.17) is 15.2 Å². The molecule has 5 heterocycles. The molecule has 0 bridgehead atoms. The molecule has 21 nitrogen and oxygen atoms in total. The molecule has 246 valence electrons. The van der Waals surface area contributed by atoms with Crippen LogP contribution in [0.2, 0.25) is 0 Å². The zero-order chi connectivity index (χ0) is 32.8. The molecule has 7 N–H and O–H groups in total. The summed E-state index contributed by atoms with van der Waals surface area (Å²) in [6.45, 7) is -2.02. The third-order valence-electron chi connectivity index (χ3n) is 6.76. The maximum atomic E-state index is 12.3. The van der Waals surface area contributed by atoms with Crippen molar-refractivity contribution in [2.75, 3.05) is 13.2 Å². The number of aromatic nitrogens is 5. The summed E-state index contributed by atoms with van der Waals surface area (Å²) < 4.78 is 51.2. The molecule has 0 spiro atoms. The number of aromatic amines is 1. The number of phosphoric acid groups is 2. The van der Waals surface area contributed by atoms with Crippen LogP contribution in [0.25, 0.3) is 11.2 Å². The molecule has 3 aromatic rings. The van der Waals surface area contributed by atoms with Gasteiger partial charge in [-0.25, -0.2) is 14.3 Å². The third kappa shape index (κ3) is 7.95. The number of halogens is 1. The smallest absolute Gasteiger partial charge is 0.756 e. The van der Waals surface area contributed by atoms with Crippen LogP contribution in [0.5, 0.6) is 0 Å². The summed E-state index contributed by atoms with van der Waals surface area (Å²) in [4.78, 5) is 58.4. The summed E-state index contributed by atoms with van der Waals surface area (Å²) in [6.07, 6.45) is -8.81. The van der Waals surface area contributed by atoms with Crippen molar-refractivity contribution in [3.05, 3.63) is 50.6 Å². The van der Waals surface area contributed by atoms with Crippen LogP contribution in [0.1, 0.15) is 22.8 Å². The quantitative estimate of drug-likeness (QED) is 0.0345. The van der Waals surface area contributed by atoms with Crippen LogP contribution in [0.15, 0.2) is 35.6 Å². The SMILES string of the molecule is NC(=O)c1ccc[n+]([C@@H]2O[C@H](COP(=O)([O-])OP(=O)([O-])OC[C@H]3O[C@@H](n4c(I)nc5c(=O)[nH]cnc54)[C@H](O)[C@@H]3O)[C@@H](O)[C@H]2O)c1.[Na+]. The van der Waals surface area contributed by atoms with E-state index in [1.165, 1.54) is 33.7 Å². The molecule has 2 saturated heterocycles. The monoisotopic (exact) mass is 812 g/mol. The number of carbonyl (C=O) groups excluding carboxylic acids is 1. The van der Waals surface area contributed by atoms with Gasteiger partial charge in [-0.15, -0.1) is 0 Å². The summed E-state index contributed by atoms with van der Waals surface area (Å²) in [5.74, 6) is -0.785. The Bertz CT molecular complexity index is 1750. The Balaban J connectivity index is 0.00000480. The first kappa shape index (κ1) is 37.5. The minimum atomic E-state index is -5.71. The van der Waals surface area contributed by atoms with Crippen molar-refractivity contribution in [1.29, 1.82) is 0 Å². The van der Waals surface area contributed by atoms with Crippen LogP contribution >= 0.6 is 38.2 Å². The molecule has 2 unspecified atom stereocenters. The molecule has 2 aliphatic heterocycles. The van der Waals surface area contributed by atoms with E-state index in [1.54, 1.807) is 22.6 Å². The molecule has 2 fully saturated rings. The third-order valence-corrected chi connectivity index (χ3v) is 10.1. The van der Waals surface area contributed by atoms with Crippen molar-refractivity contribution in [2.45, 2.75) is 49.1 Å². The molecular formula is C21H24IN6NaO15P2. The molecule has 25 heteroatoms. The number of pyridine rings is 1. The Morgan fingerprint density at radius 3 is 2.33 bits per heavy atom. The molecule has 5 rings (SSSR count). The van der Waals surface area contributed by atoms with Crippen LogP contribution in [0.4, 0.5) is 0 Å². The number of nitrogens with one attached hydrogen (secondary N) is 1. The zero-order valence-electron chi connectivity index (χ0n) is 23.3. The van der Waals surface area contributed by atoms with Crippen molar-refractivity contribution in [3.8, 4) is 0 Å². The van der Waals surface area contributed by atoms with Crippen molar-refractivity contribution in [1.82, 2.24) is 19.5 Å². The molecule has 0 radical (unpaired) electrons. The molecule has 0 saturated carbocycles. The number of nitrogens with two attached hydrogens (primary N) is 1. The number of aliphatic hydroxyl groups is 4. The molecule has 0 aliphatic carbocycles. The summed E-state index contributed by atoms with van der Waals surface area (Å²) in [5, 5.41) is 41.7. The van der Waals surface area contributed by atoms with Crippen LogP contribution in [0, 0.1) is 3.83 Å². The number of fused-ring (bicyclic) bond motifs is 1. The minimum Gasteiger partial charge on any atom is -0.756 e. The number of hydrogen-bond acceptors (Lipinski definition) is 17. The van der Waals surface area contributed by atoms with Crippen LogP contribution in [-0.4, -0.2) is 95.7 Å². The number of aliphatic hydroxyl groups excluding tert-OH is 4. The van der Waals surface area contributed by atoms with Gasteiger partial charge in [-0.2, -0.15) is 4.57 Å². The number of ether oxygens (including phenoxy) is 2. The van der Waals surface area contributed by atoms with E-state index in [0.717, 1.165) is 6.33 Å². The van der Waals surface area contributed by atoms with Crippen LogP contribution in [0.3, 0.4) is 0 Å². The van der Waals surface area contributed by atoms with Gasteiger partial charge in [0, 0.05) is 28.7 Å². The Kier molecular flexibility index (Phi) is 12.0. The Labute approximate surface area is 292 Å². The summed E-state index contributed by atoms with van der Waals surface area (Å²) in [5.41, 5.74) is 4.60. The first-order valence-corrected chi connectivity index (χ1v) is 16.7. The molecule has 0 aromatic carbocycles. The van der Waals surface area contributed by atoms with Gasteiger partial charge in [-0.1, -0.05) is 0 Å². The standard InChI is InChI=1S/C21H25IN6O15P2.Na/c22-21-26-11-17(24-7-25-18(11)34)28(21)20-15(32)13(30)10(42-20)6-40-45(37,38)43-44(35,36)39-5-9-12(29)14(31)19(41-9)27-3-1-2-8(4-27)16(23)33;/h1-4,7,9-10,12-15,19-20,29-32H,5-6H2,(H4-,23,24,25,33,34,35,36,37,38);/q;+1/p-1/t9-,10-,12-,13-,14-,15-,19-,20-;/m1./s1. The number of nitrogens with zero attached hydrogens (tertiary/aromatic N) is 4. The van der Waals surface area contributed by atoms with Crippen molar-refractivity contribution >= 4 is 55.3 Å². The van der Waals surface area contributed by atoms with Gasteiger partial charge in [0.15, 0.2) is 39.7 Å². The molecule has 10 atom stereocenters. The first-order valence-electron chi connectivity index (χ1n) is 12.7. The number of phosphoric ester groups is 2. The average molecular weight is 812 g/mol. The number of rotatable bonds is 11. The summed E-state index contributed by atoms with van der Waals surface area (Å²) in [6, 6.07) is 2.79. The molecule has 1 amide bonds. The van der Waals surface area contributed by atoms with E-state index < -0.39 is 89.4 Å². The fourth-order valence-electron chi connectivity index (χ4n) is 4.61. The summed E-state index contributed by atoms with van der Waals surface area (Å²) >= 11 is 1.73.